The third-order valence-corrected chi connectivity index (χ3v) is 4.70. The molecule has 1 aliphatic heterocycles. The van der Waals surface area contributed by atoms with Gasteiger partial charge in [0.25, 0.3) is 5.91 Å². The molecule has 1 aromatic rings. The zero-order chi connectivity index (χ0) is 21.2. The van der Waals surface area contributed by atoms with E-state index >= 15 is 0 Å². The molecule has 2 rings (SSSR count). The Kier molecular flexibility index (Phi) is 6.41. The first-order chi connectivity index (χ1) is 13.0. The van der Waals surface area contributed by atoms with E-state index in [1.165, 1.54) is 0 Å². The van der Waals surface area contributed by atoms with Crippen molar-refractivity contribution in [3.05, 3.63) is 22.8 Å². The summed E-state index contributed by atoms with van der Waals surface area (Å²) in [5.41, 5.74) is 0.117. The van der Waals surface area contributed by atoms with Crippen LogP contribution in [0.1, 0.15) is 67.0 Å². The van der Waals surface area contributed by atoms with Crippen LogP contribution in [0.2, 0.25) is 0 Å². The fourth-order valence-corrected chi connectivity index (χ4v) is 3.34. The van der Waals surface area contributed by atoms with Crippen molar-refractivity contribution in [2.45, 2.75) is 54.5 Å². The molecule has 0 N–H and O–H groups in total. The van der Waals surface area contributed by atoms with Crippen LogP contribution in [0.25, 0.3) is 0 Å². The van der Waals surface area contributed by atoms with Crippen molar-refractivity contribution in [1.29, 1.82) is 0 Å². The zero-order valence-corrected chi connectivity index (χ0v) is 17.8. The number of carbonyl (C=O) groups excluding carboxylic acids is 3. The van der Waals surface area contributed by atoms with Crippen molar-refractivity contribution in [1.82, 2.24) is 19.8 Å². The summed E-state index contributed by atoms with van der Waals surface area (Å²) in [5.74, 6) is -0.458. The Balaban J connectivity index is 2.28. The molecule has 0 radical (unpaired) electrons. The van der Waals surface area contributed by atoms with Gasteiger partial charge in [-0.15, -0.1) is 0 Å². The maximum atomic E-state index is 13.2. The molecule has 1 aromatic heterocycles. The summed E-state index contributed by atoms with van der Waals surface area (Å²) in [4.78, 5) is 50.1. The molecule has 2 amide bonds. The van der Waals surface area contributed by atoms with Gasteiger partial charge in [0.15, 0.2) is 0 Å². The second kappa shape index (κ2) is 8.24. The minimum Gasteiger partial charge on any atom is -0.462 e. The lowest BCUT2D eigenvalue weighted by molar-refractivity contribution is -0.143. The molecule has 28 heavy (non-hydrogen) atoms. The summed E-state index contributed by atoms with van der Waals surface area (Å²) >= 11 is 0. The molecule has 0 spiro atoms. The Labute approximate surface area is 166 Å². The molecule has 0 aliphatic carbocycles. The first-order valence-electron chi connectivity index (χ1n) is 9.60. The fraction of sp³-hybridized carbons (Fsp3) is 0.650. The average Bonchev–Trinajstić information content (AvgIpc) is 2.59. The Morgan fingerprint density at radius 1 is 1.14 bits per heavy atom. The smallest absolute Gasteiger partial charge is 0.342 e. The number of rotatable bonds is 3. The van der Waals surface area contributed by atoms with E-state index in [0.717, 1.165) is 0 Å². The summed E-state index contributed by atoms with van der Waals surface area (Å²) in [6.45, 7) is 14.0. The van der Waals surface area contributed by atoms with Crippen LogP contribution in [0.4, 0.5) is 0 Å². The van der Waals surface area contributed by atoms with Gasteiger partial charge in [-0.3, -0.25) is 9.59 Å². The maximum Gasteiger partial charge on any atom is 0.342 e. The van der Waals surface area contributed by atoms with Crippen LogP contribution in [0.15, 0.2) is 0 Å². The second-order valence-electron chi connectivity index (χ2n) is 8.15. The molecule has 154 valence electrons. The van der Waals surface area contributed by atoms with Gasteiger partial charge >= 0.3 is 5.97 Å². The van der Waals surface area contributed by atoms with Gasteiger partial charge in [-0.25, -0.2) is 14.8 Å². The predicted molar refractivity (Wildman–Crippen MR) is 104 cm³/mol. The highest BCUT2D eigenvalue weighted by Gasteiger charge is 2.36. The quantitative estimate of drug-likeness (QED) is 0.733. The van der Waals surface area contributed by atoms with Crippen LogP contribution >= 0.6 is 0 Å². The number of piperazine rings is 1. The van der Waals surface area contributed by atoms with Crippen LogP contribution in [-0.2, 0) is 9.53 Å². The lowest BCUT2D eigenvalue weighted by Gasteiger charge is -2.42. The lowest BCUT2D eigenvalue weighted by atomic mass is 9.93. The van der Waals surface area contributed by atoms with Crippen molar-refractivity contribution in [3.63, 3.8) is 0 Å². The Hall–Kier alpha value is -2.51. The second-order valence-corrected chi connectivity index (χ2v) is 8.15. The molecule has 1 fully saturated rings. The molecule has 0 aromatic carbocycles. The van der Waals surface area contributed by atoms with Gasteiger partial charge in [0.05, 0.1) is 12.3 Å². The normalized spacial score (nSPS) is 17.5. The number of aryl methyl sites for hydroxylation is 2. The van der Waals surface area contributed by atoms with Crippen molar-refractivity contribution in [2.24, 2.45) is 5.41 Å². The van der Waals surface area contributed by atoms with Crippen LogP contribution in [-0.4, -0.2) is 69.8 Å². The van der Waals surface area contributed by atoms with Gasteiger partial charge in [-0.1, -0.05) is 20.8 Å². The maximum absolute atomic E-state index is 13.2. The number of carbonyl (C=O) groups is 3. The Morgan fingerprint density at radius 3 is 2.32 bits per heavy atom. The van der Waals surface area contributed by atoms with E-state index in [-0.39, 0.29) is 35.7 Å². The SMILES string of the molecule is CCOC(=O)c1c(C)nc(C)nc1C(=O)N1CCN(C(=O)C(C)(C)C)C(C)C1. The van der Waals surface area contributed by atoms with Gasteiger partial charge in [0.1, 0.15) is 17.1 Å². The molecule has 1 aliphatic rings. The Morgan fingerprint density at radius 2 is 1.79 bits per heavy atom. The van der Waals surface area contributed by atoms with Crippen molar-refractivity contribution in [2.75, 3.05) is 26.2 Å². The number of nitrogens with zero attached hydrogens (tertiary/aromatic N) is 4. The van der Waals surface area contributed by atoms with E-state index in [9.17, 15) is 14.4 Å². The van der Waals surface area contributed by atoms with Crippen molar-refractivity contribution in [3.8, 4) is 0 Å². The third-order valence-electron chi connectivity index (χ3n) is 4.70. The summed E-state index contributed by atoms with van der Waals surface area (Å²) in [7, 11) is 0. The van der Waals surface area contributed by atoms with Crippen LogP contribution in [0.5, 0.6) is 0 Å². The van der Waals surface area contributed by atoms with Crippen molar-refractivity contribution >= 4 is 17.8 Å². The number of ether oxygens (including phenoxy) is 1. The first-order valence-corrected chi connectivity index (χ1v) is 9.60. The first kappa shape index (κ1) is 21.8. The molecule has 8 nitrogen and oxygen atoms in total. The van der Waals surface area contributed by atoms with E-state index in [0.29, 0.717) is 31.2 Å². The number of esters is 1. The number of amides is 2. The molecule has 0 bridgehead atoms. The van der Waals surface area contributed by atoms with E-state index in [2.05, 4.69) is 9.97 Å². The molecule has 0 saturated carbocycles. The lowest BCUT2D eigenvalue weighted by Crippen LogP contribution is -2.57. The fourth-order valence-electron chi connectivity index (χ4n) is 3.34. The number of hydrogen-bond acceptors (Lipinski definition) is 6. The van der Waals surface area contributed by atoms with E-state index < -0.39 is 11.4 Å². The molecule has 8 heteroatoms. The molecular weight excluding hydrogens is 360 g/mol. The van der Waals surface area contributed by atoms with Crippen LogP contribution in [0, 0.1) is 19.3 Å². The highest BCUT2D eigenvalue weighted by Crippen LogP contribution is 2.23. The highest BCUT2D eigenvalue weighted by atomic mass is 16.5. The topological polar surface area (TPSA) is 92.7 Å². The largest absolute Gasteiger partial charge is 0.462 e. The van der Waals surface area contributed by atoms with E-state index in [1.807, 2.05) is 32.6 Å². The third kappa shape index (κ3) is 4.48. The summed E-state index contributed by atoms with van der Waals surface area (Å²) in [6.07, 6.45) is 0. The predicted octanol–water partition coefficient (Wildman–Crippen LogP) is 1.99. The summed E-state index contributed by atoms with van der Waals surface area (Å²) < 4.78 is 5.09. The van der Waals surface area contributed by atoms with Gasteiger partial charge in [0.2, 0.25) is 5.91 Å². The standard InChI is InChI=1S/C20H30N4O4/c1-8-28-18(26)15-13(3)21-14(4)22-16(15)17(25)23-9-10-24(12(2)11-23)19(27)20(5,6)7/h12H,8-11H2,1-7H3. The zero-order valence-electron chi connectivity index (χ0n) is 17.8. The number of hydrogen-bond donors (Lipinski definition) is 0. The molecule has 2 heterocycles. The minimum absolute atomic E-state index is 0.0613. The van der Waals surface area contributed by atoms with Crippen LogP contribution in [0.3, 0.4) is 0 Å². The molecular formula is C20H30N4O4. The minimum atomic E-state index is -0.599. The van der Waals surface area contributed by atoms with Gasteiger partial charge < -0.3 is 14.5 Å². The van der Waals surface area contributed by atoms with Crippen molar-refractivity contribution < 1.29 is 19.1 Å². The van der Waals surface area contributed by atoms with Gasteiger partial charge in [-0.05, 0) is 27.7 Å². The van der Waals surface area contributed by atoms with Gasteiger partial charge in [-0.2, -0.15) is 0 Å². The molecule has 1 unspecified atom stereocenters. The monoisotopic (exact) mass is 390 g/mol. The highest BCUT2D eigenvalue weighted by molar-refractivity contribution is 6.04. The molecule has 1 atom stereocenters. The summed E-state index contributed by atoms with van der Waals surface area (Å²) in [5, 5.41) is 0. The number of aromatic nitrogens is 2. The van der Waals surface area contributed by atoms with Gasteiger partial charge in [0, 0.05) is 31.1 Å². The molecule has 1 saturated heterocycles. The Bertz CT molecular complexity index is 785. The van der Waals surface area contributed by atoms with E-state index in [1.54, 1.807) is 25.7 Å². The van der Waals surface area contributed by atoms with Crippen LogP contribution < -0.4 is 0 Å². The van der Waals surface area contributed by atoms with E-state index in [4.69, 9.17) is 4.74 Å². The summed E-state index contributed by atoms with van der Waals surface area (Å²) in [6, 6.07) is -0.125. The average molecular weight is 390 g/mol.